The fraction of sp³-hybridized carbons (Fsp3) is 0.500. The van der Waals surface area contributed by atoms with E-state index in [9.17, 15) is 4.21 Å². The van der Waals surface area contributed by atoms with Gasteiger partial charge in [0.05, 0.1) is 21.5 Å². The number of benzene rings is 1. The Balaban J connectivity index is 1.92. The Morgan fingerprint density at radius 3 is 2.71 bits per heavy atom. The maximum Gasteiger partial charge on any atom is 0.0647 e. The normalized spacial score (nSPS) is 18.4. The average Bonchev–Trinajstić information content (AvgIpc) is 2.82. The third-order valence-electron chi connectivity index (χ3n) is 3.03. The summed E-state index contributed by atoms with van der Waals surface area (Å²) >= 11 is 5.92. The summed E-state index contributed by atoms with van der Waals surface area (Å²) in [6.07, 6.45) is 2.53. The molecule has 0 spiro atoms. The first-order valence-electron chi connectivity index (χ1n) is 5.82. The molecule has 0 aliphatic carbocycles. The lowest BCUT2D eigenvalue weighted by Crippen LogP contribution is -2.24. The van der Waals surface area contributed by atoms with Gasteiger partial charge in [0, 0.05) is 17.2 Å². The number of nitrogens with two attached hydrogens (primary N) is 1. The molecule has 1 saturated heterocycles. The number of nitrogen functional groups attached to an aromatic ring is 1. The zero-order valence-corrected chi connectivity index (χ0v) is 11.3. The predicted octanol–water partition coefficient (Wildman–Crippen LogP) is 2.13. The van der Waals surface area contributed by atoms with E-state index in [1.165, 1.54) is 12.8 Å². The van der Waals surface area contributed by atoms with Gasteiger partial charge in [0.1, 0.15) is 0 Å². The second-order valence-electron chi connectivity index (χ2n) is 4.28. The summed E-state index contributed by atoms with van der Waals surface area (Å²) in [6, 6.07) is 5.21. The topological polar surface area (TPSA) is 46.3 Å². The monoisotopic (exact) mass is 272 g/mol. The molecule has 17 heavy (non-hydrogen) atoms. The Morgan fingerprint density at radius 1 is 1.35 bits per heavy atom. The fourth-order valence-corrected chi connectivity index (χ4v) is 3.36. The Morgan fingerprint density at radius 2 is 2.06 bits per heavy atom. The molecular weight excluding hydrogens is 256 g/mol. The molecule has 0 amide bonds. The molecule has 1 fully saturated rings. The van der Waals surface area contributed by atoms with Crippen molar-refractivity contribution in [1.29, 1.82) is 0 Å². The van der Waals surface area contributed by atoms with Crippen LogP contribution in [0.2, 0.25) is 5.02 Å². The number of rotatable bonds is 4. The van der Waals surface area contributed by atoms with E-state index in [1.54, 1.807) is 18.2 Å². The van der Waals surface area contributed by atoms with Crippen molar-refractivity contribution in [2.75, 3.05) is 31.1 Å². The van der Waals surface area contributed by atoms with Gasteiger partial charge >= 0.3 is 0 Å². The Labute approximate surface area is 109 Å². The minimum Gasteiger partial charge on any atom is -0.398 e. The summed E-state index contributed by atoms with van der Waals surface area (Å²) in [5, 5.41) is 0.483. The van der Waals surface area contributed by atoms with Gasteiger partial charge in [0.2, 0.25) is 0 Å². The van der Waals surface area contributed by atoms with E-state index in [4.69, 9.17) is 17.3 Å². The van der Waals surface area contributed by atoms with Crippen molar-refractivity contribution in [2.45, 2.75) is 17.7 Å². The molecule has 2 rings (SSSR count). The molecule has 2 N–H and O–H groups in total. The number of anilines is 1. The Bertz CT molecular complexity index is 419. The van der Waals surface area contributed by atoms with E-state index in [2.05, 4.69) is 4.90 Å². The van der Waals surface area contributed by atoms with Crippen LogP contribution in [0.25, 0.3) is 0 Å². The number of likely N-dealkylation sites (tertiary alicyclic amines) is 1. The van der Waals surface area contributed by atoms with Gasteiger partial charge in [0.25, 0.3) is 0 Å². The highest BCUT2D eigenvalue weighted by Gasteiger charge is 2.13. The number of hydrogen-bond acceptors (Lipinski definition) is 3. The SMILES string of the molecule is Nc1ccc(S(=O)CCN2CCCC2)cc1Cl. The van der Waals surface area contributed by atoms with Gasteiger partial charge in [-0.2, -0.15) is 0 Å². The number of hydrogen-bond donors (Lipinski definition) is 1. The van der Waals surface area contributed by atoms with Crippen LogP contribution < -0.4 is 5.73 Å². The van der Waals surface area contributed by atoms with E-state index in [-0.39, 0.29) is 0 Å². The highest BCUT2D eigenvalue weighted by molar-refractivity contribution is 7.85. The summed E-state index contributed by atoms with van der Waals surface area (Å²) in [4.78, 5) is 3.12. The molecule has 3 nitrogen and oxygen atoms in total. The molecule has 1 heterocycles. The summed E-state index contributed by atoms with van der Waals surface area (Å²) in [5.74, 6) is 0.667. The van der Waals surface area contributed by atoms with E-state index in [0.717, 1.165) is 24.5 Å². The van der Waals surface area contributed by atoms with E-state index >= 15 is 0 Å². The molecule has 94 valence electrons. The lowest BCUT2D eigenvalue weighted by atomic mass is 10.3. The smallest absolute Gasteiger partial charge is 0.0647 e. The van der Waals surface area contributed by atoms with Crippen molar-refractivity contribution in [3.63, 3.8) is 0 Å². The van der Waals surface area contributed by atoms with Crippen LogP contribution in [0.3, 0.4) is 0 Å². The summed E-state index contributed by atoms with van der Waals surface area (Å²) in [6.45, 7) is 3.17. The Hall–Kier alpha value is -0.580. The second-order valence-corrected chi connectivity index (χ2v) is 6.26. The lowest BCUT2D eigenvalue weighted by molar-refractivity contribution is 0.361. The maximum absolute atomic E-state index is 12.0. The summed E-state index contributed by atoms with van der Waals surface area (Å²) < 4.78 is 12.0. The molecule has 0 bridgehead atoms. The zero-order valence-electron chi connectivity index (χ0n) is 9.69. The molecule has 0 saturated carbocycles. The lowest BCUT2D eigenvalue weighted by Gasteiger charge is -2.13. The molecule has 1 aliphatic heterocycles. The van der Waals surface area contributed by atoms with Gasteiger partial charge in [-0.05, 0) is 44.1 Å². The maximum atomic E-state index is 12.0. The van der Waals surface area contributed by atoms with Crippen molar-refractivity contribution in [3.05, 3.63) is 23.2 Å². The van der Waals surface area contributed by atoms with Crippen molar-refractivity contribution in [2.24, 2.45) is 0 Å². The van der Waals surface area contributed by atoms with E-state index in [1.807, 2.05) is 0 Å². The minimum absolute atomic E-state index is 0.483. The van der Waals surface area contributed by atoms with Crippen LogP contribution in [0, 0.1) is 0 Å². The van der Waals surface area contributed by atoms with Gasteiger partial charge in [-0.15, -0.1) is 0 Å². The van der Waals surface area contributed by atoms with Crippen molar-refractivity contribution < 1.29 is 4.21 Å². The van der Waals surface area contributed by atoms with Crippen LogP contribution in [0.1, 0.15) is 12.8 Å². The largest absolute Gasteiger partial charge is 0.398 e. The molecule has 1 unspecified atom stereocenters. The molecule has 5 heteroatoms. The van der Waals surface area contributed by atoms with Crippen LogP contribution in [-0.2, 0) is 10.8 Å². The van der Waals surface area contributed by atoms with Crippen molar-refractivity contribution >= 4 is 28.1 Å². The third kappa shape index (κ3) is 3.44. The minimum atomic E-state index is -0.980. The van der Waals surface area contributed by atoms with Crippen molar-refractivity contribution in [3.8, 4) is 0 Å². The first kappa shape index (κ1) is 12.9. The Kier molecular flexibility index (Phi) is 4.42. The molecular formula is C12H17ClN2OS. The van der Waals surface area contributed by atoms with Gasteiger partial charge in [-0.3, -0.25) is 4.21 Å². The highest BCUT2D eigenvalue weighted by Crippen LogP contribution is 2.21. The number of halogens is 1. The molecule has 0 aromatic heterocycles. The van der Waals surface area contributed by atoms with Crippen LogP contribution in [0.4, 0.5) is 5.69 Å². The van der Waals surface area contributed by atoms with Gasteiger partial charge in [0.15, 0.2) is 0 Å². The molecule has 0 radical (unpaired) electrons. The molecule has 1 atom stereocenters. The van der Waals surface area contributed by atoms with Gasteiger partial charge in [-0.1, -0.05) is 11.6 Å². The average molecular weight is 273 g/mol. The quantitative estimate of drug-likeness (QED) is 0.854. The number of nitrogens with zero attached hydrogens (tertiary/aromatic N) is 1. The van der Waals surface area contributed by atoms with Crippen LogP contribution >= 0.6 is 11.6 Å². The first-order valence-corrected chi connectivity index (χ1v) is 7.52. The third-order valence-corrected chi connectivity index (χ3v) is 4.69. The van der Waals surface area contributed by atoms with Crippen LogP contribution in [-0.4, -0.2) is 34.5 Å². The molecule has 1 aromatic carbocycles. The second kappa shape index (κ2) is 5.85. The first-order chi connectivity index (χ1) is 8.16. The molecule has 1 aromatic rings. The van der Waals surface area contributed by atoms with Gasteiger partial charge < -0.3 is 10.6 Å². The van der Waals surface area contributed by atoms with E-state index < -0.39 is 10.8 Å². The predicted molar refractivity (Wildman–Crippen MR) is 72.8 cm³/mol. The summed E-state index contributed by atoms with van der Waals surface area (Å²) in [7, 11) is -0.980. The standard InChI is InChI=1S/C12H17ClN2OS/c13-11-9-10(3-4-12(11)14)17(16)8-7-15-5-1-2-6-15/h3-4,9H,1-2,5-8,14H2. The highest BCUT2D eigenvalue weighted by atomic mass is 35.5. The van der Waals surface area contributed by atoms with E-state index in [0.29, 0.717) is 16.5 Å². The summed E-state index contributed by atoms with van der Waals surface area (Å²) in [5.41, 5.74) is 6.16. The van der Waals surface area contributed by atoms with Crippen LogP contribution in [0.5, 0.6) is 0 Å². The van der Waals surface area contributed by atoms with Crippen LogP contribution in [0.15, 0.2) is 23.1 Å². The molecule has 1 aliphatic rings. The van der Waals surface area contributed by atoms with Gasteiger partial charge in [-0.25, -0.2) is 0 Å². The zero-order chi connectivity index (χ0) is 12.3. The fourth-order valence-electron chi connectivity index (χ4n) is 1.99. The van der Waals surface area contributed by atoms with Crippen molar-refractivity contribution in [1.82, 2.24) is 4.90 Å².